The average molecular weight is 473 g/mol. The highest BCUT2D eigenvalue weighted by Gasteiger charge is 2.34. The van der Waals surface area contributed by atoms with Crippen molar-refractivity contribution in [3.8, 4) is 0 Å². The number of alkyl halides is 3. The highest BCUT2D eigenvalue weighted by molar-refractivity contribution is 6.10. The number of fused-ring (bicyclic) bond motifs is 4. The molecule has 1 aliphatic rings. The highest BCUT2D eigenvalue weighted by atomic mass is 19.4. The Morgan fingerprint density at radius 1 is 1.24 bits per heavy atom. The van der Waals surface area contributed by atoms with E-state index in [9.17, 15) is 18.0 Å². The zero-order valence-corrected chi connectivity index (χ0v) is 18.2. The van der Waals surface area contributed by atoms with Gasteiger partial charge in [0.2, 0.25) is 0 Å². The minimum absolute atomic E-state index is 0.00627. The number of nitrogen functional groups attached to an aromatic ring is 1. The van der Waals surface area contributed by atoms with Gasteiger partial charge in [-0.15, -0.1) is 0 Å². The molecule has 2 aromatic heterocycles. The molecule has 4 aromatic rings. The van der Waals surface area contributed by atoms with Gasteiger partial charge in [0.25, 0.3) is 5.91 Å². The Morgan fingerprint density at radius 2 is 2.00 bits per heavy atom. The Kier molecular flexibility index (Phi) is 4.97. The fourth-order valence-corrected chi connectivity index (χ4v) is 4.40. The van der Waals surface area contributed by atoms with Crippen molar-refractivity contribution in [1.82, 2.24) is 19.7 Å². The van der Waals surface area contributed by atoms with Crippen LogP contribution in [0.25, 0.3) is 21.8 Å². The van der Waals surface area contributed by atoms with Crippen LogP contribution in [-0.4, -0.2) is 39.2 Å². The average Bonchev–Trinajstić information content (AvgIpc) is 3.19. The van der Waals surface area contributed by atoms with Crippen molar-refractivity contribution in [3.63, 3.8) is 0 Å². The Labute approximate surface area is 190 Å². The minimum Gasteiger partial charge on any atom is -0.383 e. The molecule has 0 radical (unpaired) electrons. The predicted molar refractivity (Wildman–Crippen MR) is 116 cm³/mol. The number of anilines is 1. The molecule has 1 atom stereocenters. The summed E-state index contributed by atoms with van der Waals surface area (Å²) in [5, 5.41) is 5.24. The van der Waals surface area contributed by atoms with E-state index in [2.05, 4.69) is 10.1 Å². The summed E-state index contributed by atoms with van der Waals surface area (Å²) in [7, 11) is 3.16. The maximum absolute atomic E-state index is 15.0. The smallest absolute Gasteiger partial charge is 0.383 e. The maximum Gasteiger partial charge on any atom is 0.416 e. The topological polar surface area (TPSA) is 86.3 Å². The summed E-state index contributed by atoms with van der Waals surface area (Å²) in [5.74, 6) is -1.24. The van der Waals surface area contributed by atoms with Crippen LogP contribution in [0.3, 0.4) is 0 Å². The lowest BCUT2D eigenvalue weighted by atomic mass is 9.95. The summed E-state index contributed by atoms with van der Waals surface area (Å²) in [5.41, 5.74) is 6.70. The van der Waals surface area contributed by atoms with E-state index < -0.39 is 29.5 Å². The molecule has 0 spiro atoms. The van der Waals surface area contributed by atoms with Crippen LogP contribution in [0, 0.1) is 5.82 Å². The number of rotatable bonds is 2. The van der Waals surface area contributed by atoms with E-state index in [4.69, 9.17) is 10.5 Å². The van der Waals surface area contributed by atoms with Crippen molar-refractivity contribution in [2.45, 2.75) is 18.8 Å². The lowest BCUT2D eigenvalue weighted by Crippen LogP contribution is -2.36. The van der Waals surface area contributed by atoms with Gasteiger partial charge in [-0.1, -0.05) is 6.07 Å². The van der Waals surface area contributed by atoms with Crippen LogP contribution >= 0.6 is 0 Å². The molecule has 0 aliphatic carbocycles. The molecular weight excluding hydrogens is 454 g/mol. The zero-order chi connectivity index (χ0) is 24.4. The molecule has 34 heavy (non-hydrogen) atoms. The standard InChI is InChI=1S/C23H19F4N5O2/c1-31(19-10-34-9-11-5-12(23(25,26)27)3-4-13(11)19)22(33)14-6-15-18(7-17(14)24)30-21(28)16-8-29-32(2)20(15)16/h3-8,19H,9-10H2,1-2H3,(H2,28,30)/t19-/m1/s1. The van der Waals surface area contributed by atoms with Crippen molar-refractivity contribution in [2.24, 2.45) is 7.05 Å². The van der Waals surface area contributed by atoms with Crippen LogP contribution in [0.4, 0.5) is 23.4 Å². The Bertz CT molecular complexity index is 1460. The van der Waals surface area contributed by atoms with Crippen LogP contribution in [-0.2, 0) is 24.6 Å². The summed E-state index contributed by atoms with van der Waals surface area (Å²) in [4.78, 5) is 18.9. The largest absolute Gasteiger partial charge is 0.416 e. The number of hydrogen-bond donors (Lipinski definition) is 1. The minimum atomic E-state index is -4.49. The first-order valence-corrected chi connectivity index (χ1v) is 10.3. The summed E-state index contributed by atoms with van der Waals surface area (Å²) >= 11 is 0. The highest BCUT2D eigenvalue weighted by Crippen LogP contribution is 2.36. The molecule has 1 aliphatic heterocycles. The molecule has 2 aromatic carbocycles. The quantitative estimate of drug-likeness (QED) is 0.441. The Morgan fingerprint density at radius 3 is 2.74 bits per heavy atom. The Balaban J connectivity index is 1.56. The number of likely N-dealkylation sites (N-methyl/N-ethyl adjacent to an activating group) is 1. The molecule has 0 saturated carbocycles. The number of benzene rings is 2. The number of carbonyl (C=O) groups is 1. The maximum atomic E-state index is 15.0. The van der Waals surface area contributed by atoms with Crippen molar-refractivity contribution in [1.29, 1.82) is 0 Å². The molecule has 7 nitrogen and oxygen atoms in total. The number of nitrogens with zero attached hydrogens (tertiary/aromatic N) is 4. The summed E-state index contributed by atoms with van der Waals surface area (Å²) in [6.07, 6.45) is -2.95. The van der Waals surface area contributed by atoms with Crippen LogP contribution < -0.4 is 5.73 Å². The SMILES string of the molecule is CN(C(=O)c1cc2c(cc1F)nc(N)c1cnn(C)c12)[C@@H]1COCc2cc(C(F)(F)F)ccc21. The number of halogens is 4. The number of aromatic nitrogens is 3. The second-order valence-corrected chi connectivity index (χ2v) is 8.24. The van der Waals surface area contributed by atoms with Crippen molar-refractivity contribution in [3.05, 3.63) is 64.6 Å². The second kappa shape index (κ2) is 7.66. The van der Waals surface area contributed by atoms with Gasteiger partial charge in [-0.05, 0) is 29.3 Å². The van der Waals surface area contributed by atoms with Gasteiger partial charge in [0, 0.05) is 25.5 Å². The van der Waals surface area contributed by atoms with Crippen LogP contribution in [0.15, 0.2) is 36.5 Å². The van der Waals surface area contributed by atoms with E-state index >= 15 is 4.39 Å². The van der Waals surface area contributed by atoms with Gasteiger partial charge >= 0.3 is 6.18 Å². The lowest BCUT2D eigenvalue weighted by molar-refractivity contribution is -0.137. The number of nitrogens with two attached hydrogens (primary N) is 1. The normalized spacial score (nSPS) is 16.1. The fraction of sp³-hybridized carbons (Fsp3) is 0.261. The van der Waals surface area contributed by atoms with Gasteiger partial charge in [-0.2, -0.15) is 18.3 Å². The number of carbonyl (C=O) groups excluding carboxylic acids is 1. The van der Waals surface area contributed by atoms with Crippen molar-refractivity contribution < 1.29 is 27.1 Å². The predicted octanol–water partition coefficient (Wildman–Crippen LogP) is 4.21. The van der Waals surface area contributed by atoms with E-state index in [0.717, 1.165) is 18.2 Å². The molecule has 176 valence electrons. The molecule has 0 fully saturated rings. The fourth-order valence-electron chi connectivity index (χ4n) is 4.40. The van der Waals surface area contributed by atoms with Crippen LogP contribution in [0.1, 0.15) is 33.1 Å². The van der Waals surface area contributed by atoms with Gasteiger partial charge in [0.1, 0.15) is 11.6 Å². The molecule has 3 heterocycles. The number of hydrogen-bond acceptors (Lipinski definition) is 5. The molecule has 2 N–H and O–H groups in total. The molecule has 0 bridgehead atoms. The third kappa shape index (κ3) is 3.43. The van der Waals surface area contributed by atoms with Gasteiger partial charge < -0.3 is 15.4 Å². The first-order chi connectivity index (χ1) is 16.1. The van der Waals surface area contributed by atoms with E-state index in [1.807, 2.05) is 0 Å². The Hall–Kier alpha value is -3.73. The number of pyridine rings is 1. The van der Waals surface area contributed by atoms with Gasteiger partial charge in [-0.25, -0.2) is 9.37 Å². The van der Waals surface area contributed by atoms with Crippen LogP contribution in [0.5, 0.6) is 0 Å². The van der Waals surface area contributed by atoms with Gasteiger partial charge in [0.15, 0.2) is 0 Å². The molecule has 0 unspecified atom stereocenters. The third-order valence-corrected chi connectivity index (χ3v) is 6.18. The number of amides is 1. The zero-order valence-electron chi connectivity index (χ0n) is 18.2. The number of aryl methyl sites for hydroxylation is 1. The van der Waals surface area contributed by atoms with Crippen molar-refractivity contribution in [2.75, 3.05) is 19.4 Å². The number of ether oxygens (including phenoxy) is 1. The van der Waals surface area contributed by atoms with Gasteiger partial charge in [0.05, 0.1) is 53.0 Å². The summed E-state index contributed by atoms with van der Waals surface area (Å²) in [6, 6.07) is 5.19. The van der Waals surface area contributed by atoms with Crippen LogP contribution in [0.2, 0.25) is 0 Å². The summed E-state index contributed by atoms with van der Waals surface area (Å²) in [6.45, 7) is 0.0630. The third-order valence-electron chi connectivity index (χ3n) is 6.18. The second-order valence-electron chi connectivity index (χ2n) is 8.24. The van der Waals surface area contributed by atoms with Gasteiger partial charge in [-0.3, -0.25) is 9.48 Å². The molecule has 11 heteroatoms. The van der Waals surface area contributed by atoms with E-state index in [0.29, 0.717) is 27.4 Å². The van der Waals surface area contributed by atoms with E-state index in [1.165, 1.54) is 24.1 Å². The molecular formula is C23H19F4N5O2. The lowest BCUT2D eigenvalue weighted by Gasteiger charge is -2.33. The van der Waals surface area contributed by atoms with E-state index in [-0.39, 0.29) is 30.1 Å². The first kappa shape index (κ1) is 22.1. The first-order valence-electron chi connectivity index (χ1n) is 10.3. The molecule has 5 rings (SSSR count). The summed E-state index contributed by atoms with van der Waals surface area (Å²) < 4.78 is 61.4. The van der Waals surface area contributed by atoms with E-state index in [1.54, 1.807) is 17.9 Å². The molecule has 1 amide bonds. The molecule has 0 saturated heterocycles. The van der Waals surface area contributed by atoms with Crippen molar-refractivity contribution >= 4 is 33.5 Å². The monoisotopic (exact) mass is 473 g/mol.